The molecule has 12 heteroatoms. The number of nitrogens with one attached hydrogen (secondary N) is 2. The second-order valence-electron chi connectivity index (χ2n) is 13.6. The van der Waals surface area contributed by atoms with E-state index in [2.05, 4.69) is 46.8 Å². The Balaban J connectivity index is 1.23. The monoisotopic (exact) mass is 706 g/mol. The molecule has 51 heavy (non-hydrogen) atoms. The van der Waals surface area contributed by atoms with Gasteiger partial charge >= 0.3 is 0 Å². The molecule has 0 aliphatic carbocycles. The molecule has 0 saturated carbocycles. The highest BCUT2D eigenvalue weighted by Gasteiger charge is 2.41. The Morgan fingerprint density at radius 2 is 1.53 bits per heavy atom. The zero-order valence-electron chi connectivity index (χ0n) is 29.0. The zero-order chi connectivity index (χ0) is 36.2. The molecule has 2 aromatic heterocycles. The van der Waals surface area contributed by atoms with Crippen molar-refractivity contribution >= 4 is 45.0 Å². The number of carbonyl (C=O) groups is 3. The maximum atomic E-state index is 13.9. The largest absolute Gasteiger partial charge is 0.351 e. The number of amides is 3. The van der Waals surface area contributed by atoms with Crippen molar-refractivity contribution in [2.24, 2.45) is 5.92 Å². The summed E-state index contributed by atoms with van der Waals surface area (Å²) in [4.78, 5) is 52.7. The van der Waals surface area contributed by atoms with Gasteiger partial charge in [-0.3, -0.25) is 14.4 Å². The van der Waals surface area contributed by atoms with Gasteiger partial charge in [-0.1, -0.05) is 79.7 Å². The molecule has 4 aromatic rings. The number of sulfonamides is 1. The van der Waals surface area contributed by atoms with Crippen molar-refractivity contribution in [2.75, 3.05) is 29.9 Å². The Kier molecular flexibility index (Phi) is 10.3. The molecule has 1 saturated heterocycles. The van der Waals surface area contributed by atoms with Gasteiger partial charge in [-0.25, -0.2) is 14.7 Å². The minimum Gasteiger partial charge on any atom is -0.351 e. The van der Waals surface area contributed by atoms with Gasteiger partial charge in [0.1, 0.15) is 11.6 Å². The van der Waals surface area contributed by atoms with E-state index in [0.29, 0.717) is 44.0 Å². The second kappa shape index (κ2) is 14.9. The van der Waals surface area contributed by atoms with Crippen LogP contribution in [0.4, 0.5) is 11.6 Å². The lowest BCUT2D eigenvalue weighted by Crippen LogP contribution is -2.44. The Morgan fingerprint density at radius 1 is 0.843 bits per heavy atom. The molecule has 0 radical (unpaired) electrons. The highest BCUT2D eigenvalue weighted by molar-refractivity contribution is 7.90. The fourth-order valence-corrected chi connectivity index (χ4v) is 7.41. The normalized spacial score (nSPS) is 17.1. The van der Waals surface area contributed by atoms with Gasteiger partial charge in [0.15, 0.2) is 5.03 Å². The molecule has 11 nitrogen and oxygen atoms in total. The van der Waals surface area contributed by atoms with E-state index < -0.39 is 21.0 Å². The van der Waals surface area contributed by atoms with Crippen LogP contribution in [0.1, 0.15) is 60.8 Å². The number of anilines is 2. The highest BCUT2D eigenvalue weighted by atomic mass is 32.2. The van der Waals surface area contributed by atoms with E-state index in [1.165, 1.54) is 18.2 Å². The summed E-state index contributed by atoms with van der Waals surface area (Å²) in [6.07, 6.45) is 4.00. The third-order valence-electron chi connectivity index (χ3n) is 9.79. The molecular formula is C39H42N6O5S. The number of hydrogen-bond donors (Lipinski definition) is 2. The molecule has 0 spiro atoms. The van der Waals surface area contributed by atoms with Gasteiger partial charge in [-0.2, -0.15) is 8.42 Å². The van der Waals surface area contributed by atoms with Crippen molar-refractivity contribution < 1.29 is 22.8 Å². The summed E-state index contributed by atoms with van der Waals surface area (Å²) in [5.74, 6) is -0.483. The lowest BCUT2D eigenvalue weighted by atomic mass is 9.90. The number of nitrogens with zero attached hydrogens (tertiary/aromatic N) is 4. The van der Waals surface area contributed by atoms with Crippen molar-refractivity contribution in [2.45, 2.75) is 57.0 Å². The van der Waals surface area contributed by atoms with Crippen LogP contribution in [0.2, 0.25) is 0 Å². The fraction of sp³-hybridized carbons (Fsp3) is 0.308. The van der Waals surface area contributed by atoms with Crippen molar-refractivity contribution in [1.29, 1.82) is 0 Å². The van der Waals surface area contributed by atoms with Gasteiger partial charge in [-0.15, -0.1) is 0 Å². The van der Waals surface area contributed by atoms with Crippen molar-refractivity contribution in [3.63, 3.8) is 0 Å². The lowest BCUT2D eigenvalue weighted by molar-refractivity contribution is -0.130. The van der Waals surface area contributed by atoms with Crippen LogP contribution in [-0.2, 0) is 32.5 Å². The first-order valence-corrected chi connectivity index (χ1v) is 18.6. The third kappa shape index (κ3) is 8.18. The van der Waals surface area contributed by atoms with E-state index in [-0.39, 0.29) is 41.1 Å². The first-order valence-electron chi connectivity index (χ1n) is 17.1. The van der Waals surface area contributed by atoms with Crippen LogP contribution < -0.4 is 14.9 Å². The average molecular weight is 707 g/mol. The van der Waals surface area contributed by atoms with Crippen LogP contribution in [0.5, 0.6) is 0 Å². The Labute approximate surface area is 298 Å². The predicted molar refractivity (Wildman–Crippen MR) is 196 cm³/mol. The summed E-state index contributed by atoms with van der Waals surface area (Å²) >= 11 is 0. The van der Waals surface area contributed by atoms with E-state index in [0.717, 1.165) is 23.1 Å². The van der Waals surface area contributed by atoms with E-state index in [4.69, 9.17) is 4.98 Å². The summed E-state index contributed by atoms with van der Waals surface area (Å²) in [5.41, 5.74) is 2.97. The summed E-state index contributed by atoms with van der Waals surface area (Å²) in [6.45, 7) is 7.92. The molecule has 6 rings (SSSR count). The molecule has 4 heterocycles. The Morgan fingerprint density at radius 3 is 2.20 bits per heavy atom. The molecule has 2 N–H and O–H groups in total. The molecule has 2 aromatic carbocycles. The van der Waals surface area contributed by atoms with E-state index in [1.807, 2.05) is 65.6 Å². The van der Waals surface area contributed by atoms with Crippen molar-refractivity contribution in [1.82, 2.24) is 19.6 Å². The maximum absolute atomic E-state index is 13.9. The predicted octanol–water partition coefficient (Wildman–Crippen LogP) is 5.26. The van der Waals surface area contributed by atoms with Gasteiger partial charge in [0, 0.05) is 25.2 Å². The molecule has 1 atom stereocenters. The number of carbonyl (C=O) groups excluding carboxylic acids is 3. The molecule has 0 bridgehead atoms. The smallest absolute Gasteiger partial charge is 0.281 e. The fourth-order valence-electron chi connectivity index (χ4n) is 6.48. The van der Waals surface area contributed by atoms with Gasteiger partial charge < -0.3 is 15.1 Å². The van der Waals surface area contributed by atoms with Crippen LogP contribution >= 0.6 is 0 Å². The molecular weight excluding hydrogens is 665 g/mol. The van der Waals surface area contributed by atoms with Crippen molar-refractivity contribution in [3.8, 4) is 0 Å². The number of benzene rings is 2. The number of aromatic nitrogens is 2. The average Bonchev–Trinajstić information content (AvgIpc) is 3.39. The maximum Gasteiger partial charge on any atom is 0.281 e. The quantitative estimate of drug-likeness (QED) is 0.228. The van der Waals surface area contributed by atoms with E-state index >= 15 is 0 Å². The Bertz CT molecular complexity index is 2070. The standard InChI is InChI=1S/C39H42N6O5S/c1-27-21-23-45(39(27,2)3)37-31(19-20-32(40-37)30-16-11-22-44(26-30)36(47)25-29-14-8-5-9-15-29)38(48)43-51(49,50)35-18-10-17-33(42-35)41-34(46)24-28-12-6-4-7-13-28/h4-10,12-20,27H,11,21-26H2,1-3H3,(H,43,48)(H,41,42,46). The van der Waals surface area contributed by atoms with Gasteiger partial charge in [0.25, 0.3) is 15.9 Å². The van der Waals surface area contributed by atoms with Gasteiger partial charge in [0.2, 0.25) is 11.8 Å². The number of pyridine rings is 2. The van der Waals surface area contributed by atoms with Gasteiger partial charge in [-0.05, 0) is 73.6 Å². The van der Waals surface area contributed by atoms with Crippen LogP contribution in [0, 0.1) is 5.92 Å². The Hall–Kier alpha value is -5.36. The SMILES string of the molecule is CC1CCN(c2nc(C3=CCCN(C(=O)Cc4ccccc4)C3)ccc2C(=O)NS(=O)(=O)c2cccc(NC(=O)Cc3ccccc3)n2)C1(C)C. The zero-order valence-corrected chi connectivity index (χ0v) is 29.8. The van der Waals surface area contributed by atoms with Crippen LogP contribution in [-0.4, -0.2) is 66.2 Å². The second-order valence-corrected chi connectivity index (χ2v) is 15.2. The van der Waals surface area contributed by atoms with Crippen molar-refractivity contribution in [3.05, 3.63) is 119 Å². The minimum absolute atomic E-state index is 0.0242. The summed E-state index contributed by atoms with van der Waals surface area (Å²) in [6, 6.07) is 26.3. The molecule has 2 aliphatic heterocycles. The summed E-state index contributed by atoms with van der Waals surface area (Å²) in [5, 5.41) is 2.22. The summed E-state index contributed by atoms with van der Waals surface area (Å²) < 4.78 is 29.2. The van der Waals surface area contributed by atoms with Gasteiger partial charge in [0.05, 0.1) is 24.1 Å². The molecule has 3 amide bonds. The highest BCUT2D eigenvalue weighted by Crippen LogP contribution is 2.39. The minimum atomic E-state index is -4.44. The molecule has 1 fully saturated rings. The topological polar surface area (TPSA) is 142 Å². The number of rotatable bonds is 10. The lowest BCUT2D eigenvalue weighted by Gasteiger charge is -2.37. The van der Waals surface area contributed by atoms with E-state index in [9.17, 15) is 22.8 Å². The molecule has 1 unspecified atom stereocenters. The molecule has 2 aliphatic rings. The summed E-state index contributed by atoms with van der Waals surface area (Å²) in [7, 11) is -4.44. The number of hydrogen-bond acceptors (Lipinski definition) is 8. The van der Waals surface area contributed by atoms with Crippen LogP contribution in [0.15, 0.2) is 102 Å². The molecule has 264 valence electrons. The first-order chi connectivity index (χ1) is 24.4. The third-order valence-corrected chi connectivity index (χ3v) is 11.0. The van der Waals surface area contributed by atoms with E-state index in [1.54, 1.807) is 12.1 Å². The first kappa shape index (κ1) is 35.5. The van der Waals surface area contributed by atoms with Crippen LogP contribution in [0.3, 0.4) is 0 Å². The van der Waals surface area contributed by atoms with Crippen LogP contribution in [0.25, 0.3) is 5.57 Å².